The average Bonchev–Trinajstić information content (AvgIpc) is 3.47. The van der Waals surface area contributed by atoms with Gasteiger partial charge in [-0.25, -0.2) is 4.39 Å². The van der Waals surface area contributed by atoms with Gasteiger partial charge in [-0.1, -0.05) is 12.1 Å². The van der Waals surface area contributed by atoms with Crippen LogP contribution in [0.1, 0.15) is 24.0 Å². The van der Waals surface area contributed by atoms with Crippen LogP contribution in [0.15, 0.2) is 36.4 Å². The molecule has 0 heterocycles. The molecule has 0 bridgehead atoms. The van der Waals surface area contributed by atoms with Crippen LogP contribution in [0, 0.1) is 5.82 Å². The van der Waals surface area contributed by atoms with E-state index < -0.39 is 5.41 Å². The van der Waals surface area contributed by atoms with Crippen LogP contribution in [0.4, 0.5) is 4.39 Å². The molecule has 1 saturated carbocycles. The molecule has 138 valence electrons. The van der Waals surface area contributed by atoms with Crippen molar-refractivity contribution < 1.29 is 23.4 Å². The van der Waals surface area contributed by atoms with Crippen molar-refractivity contribution in [3.8, 4) is 17.2 Å². The first-order valence-electron chi connectivity index (χ1n) is 8.37. The summed E-state index contributed by atoms with van der Waals surface area (Å²) in [6.45, 7) is 0.297. The second-order valence-corrected chi connectivity index (χ2v) is 6.29. The molecule has 26 heavy (non-hydrogen) atoms. The standard InChI is InChI=1S/C20H22FNO4/c1-24-16-11-18(26-3)17(25-2)10-13(16)12-22-19(23)20(8-9-20)14-4-6-15(21)7-5-14/h4-7,10-11H,8-9,12H2,1-3H3,(H,22,23). The van der Waals surface area contributed by atoms with Gasteiger partial charge in [0.1, 0.15) is 11.6 Å². The summed E-state index contributed by atoms with van der Waals surface area (Å²) in [5.74, 6) is 1.36. The SMILES string of the molecule is COc1cc(OC)c(OC)cc1CNC(=O)C1(c2ccc(F)cc2)CC1. The highest BCUT2D eigenvalue weighted by molar-refractivity contribution is 5.91. The maximum atomic E-state index is 13.1. The summed E-state index contributed by atoms with van der Waals surface area (Å²) in [6, 6.07) is 9.65. The van der Waals surface area contributed by atoms with Crippen LogP contribution in [-0.4, -0.2) is 27.2 Å². The Balaban J connectivity index is 1.76. The Bertz CT molecular complexity index is 800. The average molecular weight is 359 g/mol. The molecule has 0 atom stereocenters. The van der Waals surface area contributed by atoms with Crippen LogP contribution in [0.5, 0.6) is 17.2 Å². The number of carbonyl (C=O) groups excluding carboxylic acids is 1. The van der Waals surface area contributed by atoms with E-state index in [2.05, 4.69) is 5.32 Å². The Morgan fingerprint density at radius 3 is 2.12 bits per heavy atom. The molecular weight excluding hydrogens is 337 g/mol. The van der Waals surface area contributed by atoms with Crippen molar-refractivity contribution in [3.63, 3.8) is 0 Å². The number of hydrogen-bond acceptors (Lipinski definition) is 4. The van der Waals surface area contributed by atoms with Gasteiger partial charge in [0.15, 0.2) is 11.5 Å². The lowest BCUT2D eigenvalue weighted by Gasteiger charge is -2.18. The fourth-order valence-electron chi connectivity index (χ4n) is 3.12. The molecule has 1 aliphatic rings. The fraction of sp³-hybridized carbons (Fsp3) is 0.350. The maximum absolute atomic E-state index is 13.1. The third kappa shape index (κ3) is 3.31. The lowest BCUT2D eigenvalue weighted by atomic mass is 9.95. The Labute approximate surface area is 152 Å². The van der Waals surface area contributed by atoms with E-state index in [9.17, 15) is 9.18 Å². The van der Waals surface area contributed by atoms with Crippen LogP contribution >= 0.6 is 0 Å². The van der Waals surface area contributed by atoms with Crippen molar-refractivity contribution in [3.05, 3.63) is 53.3 Å². The molecule has 3 rings (SSSR count). The van der Waals surface area contributed by atoms with Crippen molar-refractivity contribution in [2.24, 2.45) is 0 Å². The number of hydrogen-bond donors (Lipinski definition) is 1. The zero-order valence-corrected chi connectivity index (χ0v) is 15.1. The minimum absolute atomic E-state index is 0.0686. The molecule has 0 aliphatic heterocycles. The van der Waals surface area contributed by atoms with E-state index >= 15 is 0 Å². The first kappa shape index (κ1) is 18.0. The minimum Gasteiger partial charge on any atom is -0.496 e. The van der Waals surface area contributed by atoms with Crippen LogP contribution in [0.25, 0.3) is 0 Å². The van der Waals surface area contributed by atoms with Gasteiger partial charge in [0, 0.05) is 18.2 Å². The molecule has 1 fully saturated rings. The van der Waals surface area contributed by atoms with Gasteiger partial charge in [-0.05, 0) is 36.6 Å². The zero-order valence-electron chi connectivity index (χ0n) is 15.1. The first-order chi connectivity index (χ1) is 12.5. The molecule has 2 aromatic rings. The van der Waals surface area contributed by atoms with E-state index in [0.717, 1.165) is 24.0 Å². The molecule has 0 saturated heterocycles. The highest BCUT2D eigenvalue weighted by atomic mass is 19.1. The van der Waals surface area contributed by atoms with Crippen LogP contribution in [0.3, 0.4) is 0 Å². The monoisotopic (exact) mass is 359 g/mol. The smallest absolute Gasteiger partial charge is 0.230 e. The zero-order chi connectivity index (χ0) is 18.7. The second kappa shape index (κ2) is 7.23. The van der Waals surface area contributed by atoms with E-state index in [1.807, 2.05) is 0 Å². The van der Waals surface area contributed by atoms with Gasteiger partial charge in [0.25, 0.3) is 0 Å². The van der Waals surface area contributed by atoms with Crippen LogP contribution in [0.2, 0.25) is 0 Å². The van der Waals surface area contributed by atoms with Crippen molar-refractivity contribution in [1.29, 1.82) is 0 Å². The molecular formula is C20H22FNO4. The molecule has 6 heteroatoms. The molecule has 1 aliphatic carbocycles. The van der Waals surface area contributed by atoms with Gasteiger partial charge in [0.2, 0.25) is 5.91 Å². The van der Waals surface area contributed by atoms with E-state index in [1.165, 1.54) is 12.1 Å². The minimum atomic E-state index is -0.558. The molecule has 1 amide bonds. The van der Waals surface area contributed by atoms with Crippen molar-refractivity contribution >= 4 is 5.91 Å². The quantitative estimate of drug-likeness (QED) is 0.825. The fourth-order valence-corrected chi connectivity index (χ4v) is 3.12. The topological polar surface area (TPSA) is 56.8 Å². The summed E-state index contributed by atoms with van der Waals surface area (Å²) >= 11 is 0. The van der Waals surface area contributed by atoms with Crippen LogP contribution in [-0.2, 0) is 16.8 Å². The number of carbonyl (C=O) groups is 1. The molecule has 5 nitrogen and oxygen atoms in total. The third-order valence-electron chi connectivity index (χ3n) is 4.81. The first-order valence-corrected chi connectivity index (χ1v) is 8.37. The van der Waals surface area contributed by atoms with Gasteiger partial charge in [-0.15, -0.1) is 0 Å². The molecule has 1 N–H and O–H groups in total. The number of halogens is 1. The summed E-state index contributed by atoms with van der Waals surface area (Å²) < 4.78 is 29.1. The predicted octanol–water partition coefficient (Wildman–Crippen LogP) is 3.20. The number of benzene rings is 2. The van der Waals surface area contributed by atoms with Crippen molar-refractivity contribution in [2.45, 2.75) is 24.8 Å². The largest absolute Gasteiger partial charge is 0.496 e. The van der Waals surface area contributed by atoms with Gasteiger partial charge < -0.3 is 19.5 Å². The summed E-state index contributed by atoms with van der Waals surface area (Å²) in [5.41, 5.74) is 1.07. The van der Waals surface area contributed by atoms with E-state index in [1.54, 1.807) is 45.6 Å². The molecule has 0 radical (unpaired) electrons. The molecule has 0 unspecified atom stereocenters. The Hall–Kier alpha value is -2.76. The second-order valence-electron chi connectivity index (χ2n) is 6.29. The number of amides is 1. The lowest BCUT2D eigenvalue weighted by molar-refractivity contribution is -0.123. The van der Waals surface area contributed by atoms with Crippen LogP contribution < -0.4 is 19.5 Å². The third-order valence-corrected chi connectivity index (χ3v) is 4.81. The lowest BCUT2D eigenvalue weighted by Crippen LogP contribution is -2.34. The van der Waals surface area contributed by atoms with Crippen molar-refractivity contribution in [2.75, 3.05) is 21.3 Å². The Morgan fingerprint density at radius 2 is 1.58 bits per heavy atom. The van der Waals surface area contributed by atoms with Crippen molar-refractivity contribution in [1.82, 2.24) is 5.32 Å². The summed E-state index contributed by atoms with van der Waals surface area (Å²) in [5, 5.41) is 2.97. The summed E-state index contributed by atoms with van der Waals surface area (Å²) in [6.07, 6.45) is 1.51. The van der Waals surface area contributed by atoms with E-state index in [0.29, 0.717) is 23.8 Å². The van der Waals surface area contributed by atoms with E-state index in [4.69, 9.17) is 14.2 Å². The van der Waals surface area contributed by atoms with Gasteiger partial charge >= 0.3 is 0 Å². The van der Waals surface area contributed by atoms with Gasteiger partial charge in [0.05, 0.1) is 26.7 Å². The maximum Gasteiger partial charge on any atom is 0.230 e. The molecule has 2 aromatic carbocycles. The number of methoxy groups -OCH3 is 3. The predicted molar refractivity (Wildman–Crippen MR) is 95.3 cm³/mol. The number of rotatable bonds is 7. The number of nitrogens with one attached hydrogen (secondary N) is 1. The normalized spacial score (nSPS) is 14.5. The Morgan fingerprint density at radius 1 is 1.00 bits per heavy atom. The Kier molecular flexibility index (Phi) is 5.02. The molecule has 0 spiro atoms. The summed E-state index contributed by atoms with van der Waals surface area (Å²) in [4.78, 5) is 12.8. The number of ether oxygens (including phenoxy) is 3. The van der Waals surface area contributed by atoms with Gasteiger partial charge in [-0.2, -0.15) is 0 Å². The van der Waals surface area contributed by atoms with Gasteiger partial charge in [-0.3, -0.25) is 4.79 Å². The van der Waals surface area contributed by atoms with E-state index in [-0.39, 0.29) is 11.7 Å². The highest BCUT2D eigenvalue weighted by Crippen LogP contribution is 2.48. The summed E-state index contributed by atoms with van der Waals surface area (Å²) in [7, 11) is 4.67. The highest BCUT2D eigenvalue weighted by Gasteiger charge is 2.51. The molecule has 0 aromatic heterocycles.